The lowest BCUT2D eigenvalue weighted by molar-refractivity contribution is -0.116. The SMILES string of the molecule is COc1cc2nc(NC(C)C)ncc2cc1-c1cccc(N(Cc2ccccc2)C(C)=O)c1. The molecule has 0 atom stereocenters. The van der Waals surface area contributed by atoms with Gasteiger partial charge < -0.3 is 15.0 Å². The molecule has 4 aromatic rings. The van der Waals surface area contributed by atoms with Gasteiger partial charge in [0.2, 0.25) is 11.9 Å². The van der Waals surface area contributed by atoms with E-state index in [-0.39, 0.29) is 11.9 Å². The van der Waals surface area contributed by atoms with Gasteiger partial charge in [-0.3, -0.25) is 4.79 Å². The fourth-order valence-electron chi connectivity index (χ4n) is 3.77. The summed E-state index contributed by atoms with van der Waals surface area (Å²) in [6, 6.07) is 22.1. The molecule has 1 heterocycles. The third-order valence-electron chi connectivity index (χ3n) is 5.35. The number of hydrogen-bond acceptors (Lipinski definition) is 5. The Morgan fingerprint density at radius 1 is 1.06 bits per heavy atom. The van der Waals surface area contributed by atoms with Gasteiger partial charge in [-0.05, 0) is 43.2 Å². The number of aromatic nitrogens is 2. The quantitative estimate of drug-likeness (QED) is 0.400. The van der Waals surface area contributed by atoms with Crippen LogP contribution in [0.15, 0.2) is 72.9 Å². The van der Waals surface area contributed by atoms with Gasteiger partial charge in [-0.25, -0.2) is 9.97 Å². The van der Waals surface area contributed by atoms with Crippen molar-refractivity contribution in [3.05, 3.63) is 78.5 Å². The van der Waals surface area contributed by atoms with Crippen molar-refractivity contribution in [1.29, 1.82) is 0 Å². The first kappa shape index (κ1) is 22.3. The van der Waals surface area contributed by atoms with Crippen LogP contribution in [-0.2, 0) is 11.3 Å². The molecular formula is C27H28N4O2. The van der Waals surface area contributed by atoms with Crippen LogP contribution in [0.5, 0.6) is 5.75 Å². The van der Waals surface area contributed by atoms with Crippen LogP contribution < -0.4 is 15.0 Å². The van der Waals surface area contributed by atoms with Gasteiger partial charge in [0.1, 0.15) is 5.75 Å². The van der Waals surface area contributed by atoms with Crippen molar-refractivity contribution in [3.8, 4) is 16.9 Å². The maximum atomic E-state index is 12.5. The summed E-state index contributed by atoms with van der Waals surface area (Å²) < 4.78 is 5.71. The molecule has 1 N–H and O–H groups in total. The highest BCUT2D eigenvalue weighted by molar-refractivity contribution is 5.93. The molecule has 0 unspecified atom stereocenters. The predicted octanol–water partition coefficient (Wildman–Crippen LogP) is 5.68. The van der Waals surface area contributed by atoms with E-state index in [0.717, 1.165) is 33.3 Å². The maximum absolute atomic E-state index is 12.5. The number of amides is 1. The number of carbonyl (C=O) groups is 1. The Kier molecular flexibility index (Phi) is 6.54. The molecule has 6 nitrogen and oxygen atoms in total. The Hall–Kier alpha value is -3.93. The number of benzene rings is 3. The van der Waals surface area contributed by atoms with E-state index in [0.29, 0.717) is 18.2 Å². The predicted molar refractivity (Wildman–Crippen MR) is 134 cm³/mol. The van der Waals surface area contributed by atoms with Gasteiger partial charge in [-0.2, -0.15) is 0 Å². The van der Waals surface area contributed by atoms with Crippen LogP contribution >= 0.6 is 0 Å². The number of fused-ring (bicyclic) bond motifs is 1. The van der Waals surface area contributed by atoms with Gasteiger partial charge in [-0.1, -0.05) is 42.5 Å². The second-order valence-electron chi connectivity index (χ2n) is 8.25. The van der Waals surface area contributed by atoms with E-state index >= 15 is 0 Å². The van der Waals surface area contributed by atoms with Crippen LogP contribution in [0.25, 0.3) is 22.0 Å². The number of methoxy groups -OCH3 is 1. The van der Waals surface area contributed by atoms with Crippen molar-refractivity contribution in [2.45, 2.75) is 33.4 Å². The second-order valence-corrected chi connectivity index (χ2v) is 8.25. The van der Waals surface area contributed by atoms with Gasteiger partial charge in [0.15, 0.2) is 0 Å². The normalized spacial score (nSPS) is 10.9. The molecule has 4 rings (SSSR count). The molecule has 0 aliphatic carbocycles. The average molecular weight is 441 g/mol. The first-order valence-corrected chi connectivity index (χ1v) is 11.0. The van der Waals surface area contributed by atoms with Crippen LogP contribution in [0.4, 0.5) is 11.6 Å². The number of ether oxygens (including phenoxy) is 1. The molecular weight excluding hydrogens is 412 g/mol. The largest absolute Gasteiger partial charge is 0.496 e. The Bertz CT molecular complexity index is 1270. The lowest BCUT2D eigenvalue weighted by atomic mass is 10.0. The topological polar surface area (TPSA) is 67.3 Å². The first-order chi connectivity index (χ1) is 15.9. The monoisotopic (exact) mass is 440 g/mol. The number of hydrogen-bond donors (Lipinski definition) is 1. The van der Waals surface area contributed by atoms with E-state index in [2.05, 4.69) is 15.3 Å². The van der Waals surface area contributed by atoms with Gasteiger partial charge in [0.25, 0.3) is 0 Å². The molecule has 0 saturated heterocycles. The van der Waals surface area contributed by atoms with Crippen molar-refractivity contribution in [1.82, 2.24) is 9.97 Å². The van der Waals surface area contributed by atoms with Crippen molar-refractivity contribution in [3.63, 3.8) is 0 Å². The van der Waals surface area contributed by atoms with Gasteiger partial charge >= 0.3 is 0 Å². The zero-order valence-electron chi connectivity index (χ0n) is 19.4. The summed E-state index contributed by atoms with van der Waals surface area (Å²) in [7, 11) is 1.65. The van der Waals surface area contributed by atoms with E-state index in [4.69, 9.17) is 4.74 Å². The van der Waals surface area contributed by atoms with E-state index in [1.54, 1.807) is 18.9 Å². The highest BCUT2D eigenvalue weighted by Crippen LogP contribution is 2.35. The Labute approximate surface area is 194 Å². The van der Waals surface area contributed by atoms with Crippen LogP contribution in [0.2, 0.25) is 0 Å². The molecule has 0 spiro atoms. The van der Waals surface area contributed by atoms with Gasteiger partial charge in [0, 0.05) is 41.9 Å². The molecule has 0 saturated carbocycles. The smallest absolute Gasteiger partial charge is 0.224 e. The number of carbonyl (C=O) groups excluding carboxylic acids is 1. The minimum atomic E-state index is -0.0138. The highest BCUT2D eigenvalue weighted by Gasteiger charge is 2.15. The Balaban J connectivity index is 1.73. The number of nitrogens with zero attached hydrogens (tertiary/aromatic N) is 3. The Morgan fingerprint density at radius 3 is 2.55 bits per heavy atom. The molecule has 168 valence electrons. The molecule has 3 aromatic carbocycles. The second kappa shape index (κ2) is 9.69. The lowest BCUT2D eigenvalue weighted by Crippen LogP contribution is -2.27. The minimum Gasteiger partial charge on any atom is -0.496 e. The fourth-order valence-corrected chi connectivity index (χ4v) is 3.77. The van der Waals surface area contributed by atoms with Crippen molar-refractivity contribution < 1.29 is 9.53 Å². The third-order valence-corrected chi connectivity index (χ3v) is 5.35. The Morgan fingerprint density at radius 2 is 1.85 bits per heavy atom. The summed E-state index contributed by atoms with van der Waals surface area (Å²) in [4.78, 5) is 23.3. The van der Waals surface area contributed by atoms with Crippen LogP contribution in [0.1, 0.15) is 26.3 Å². The summed E-state index contributed by atoms with van der Waals surface area (Å²) in [5.41, 5.74) is 4.58. The average Bonchev–Trinajstić information content (AvgIpc) is 2.81. The summed E-state index contributed by atoms with van der Waals surface area (Å²) in [6.45, 7) is 6.19. The zero-order valence-corrected chi connectivity index (χ0v) is 19.4. The number of rotatable bonds is 7. The molecule has 1 amide bonds. The van der Waals surface area contributed by atoms with E-state index < -0.39 is 0 Å². The maximum Gasteiger partial charge on any atom is 0.224 e. The molecule has 0 aliphatic rings. The summed E-state index contributed by atoms with van der Waals surface area (Å²) in [5, 5.41) is 4.15. The molecule has 0 aliphatic heterocycles. The van der Waals surface area contributed by atoms with Crippen molar-refractivity contribution in [2.24, 2.45) is 0 Å². The van der Waals surface area contributed by atoms with E-state index in [1.165, 1.54) is 0 Å². The summed E-state index contributed by atoms with van der Waals surface area (Å²) >= 11 is 0. The van der Waals surface area contributed by atoms with Crippen LogP contribution in [0.3, 0.4) is 0 Å². The molecule has 33 heavy (non-hydrogen) atoms. The van der Waals surface area contributed by atoms with Crippen molar-refractivity contribution in [2.75, 3.05) is 17.3 Å². The molecule has 1 aromatic heterocycles. The van der Waals surface area contributed by atoms with Crippen LogP contribution in [0, 0.1) is 0 Å². The number of anilines is 2. The fraction of sp³-hybridized carbons (Fsp3) is 0.222. The van der Waals surface area contributed by atoms with Gasteiger partial charge in [0.05, 0.1) is 19.2 Å². The first-order valence-electron chi connectivity index (χ1n) is 11.0. The van der Waals surface area contributed by atoms with Crippen molar-refractivity contribution >= 4 is 28.4 Å². The molecule has 0 bridgehead atoms. The summed E-state index contributed by atoms with van der Waals surface area (Å²) in [5.74, 6) is 1.29. The lowest BCUT2D eigenvalue weighted by Gasteiger charge is -2.22. The minimum absolute atomic E-state index is 0.0138. The standard InChI is InChI=1S/C27H28N4O2/c1-18(2)29-27-28-16-22-14-24(26(33-4)15-25(22)30-27)21-11-8-12-23(13-21)31(19(3)32)17-20-9-6-5-7-10-20/h5-16,18H,17H2,1-4H3,(H,28,29,30). The summed E-state index contributed by atoms with van der Waals surface area (Å²) in [6.07, 6.45) is 1.82. The van der Waals surface area contributed by atoms with Gasteiger partial charge in [-0.15, -0.1) is 0 Å². The number of nitrogens with one attached hydrogen (secondary N) is 1. The third kappa shape index (κ3) is 5.12. The van der Waals surface area contributed by atoms with Crippen LogP contribution in [-0.4, -0.2) is 29.0 Å². The zero-order chi connectivity index (χ0) is 23.4. The van der Waals surface area contributed by atoms with E-state index in [1.807, 2.05) is 86.8 Å². The molecule has 0 radical (unpaired) electrons. The molecule has 0 fully saturated rings. The highest BCUT2D eigenvalue weighted by atomic mass is 16.5. The van der Waals surface area contributed by atoms with E-state index in [9.17, 15) is 4.79 Å². The molecule has 6 heteroatoms.